The Hall–Kier alpha value is -3.60. The van der Waals surface area contributed by atoms with Gasteiger partial charge in [-0.3, -0.25) is 0 Å². The quantitative estimate of drug-likeness (QED) is 0.615. The molecule has 0 amide bonds. The number of benzene rings is 2. The molecule has 1 aromatic heterocycles. The second kappa shape index (κ2) is 7.96. The molecule has 0 saturated carbocycles. The molecule has 2 heterocycles. The van der Waals surface area contributed by atoms with E-state index >= 15 is 0 Å². The van der Waals surface area contributed by atoms with Gasteiger partial charge in [-0.05, 0) is 47.4 Å². The van der Waals surface area contributed by atoms with E-state index in [1.165, 1.54) is 5.56 Å². The normalized spacial score (nSPS) is 12.8. The molecule has 0 radical (unpaired) electrons. The monoisotopic (exact) mass is 371 g/mol. The summed E-state index contributed by atoms with van der Waals surface area (Å²) in [6.45, 7) is 1.26. The van der Waals surface area contributed by atoms with Gasteiger partial charge in [0, 0.05) is 25.1 Å². The Morgan fingerprint density at radius 2 is 2.00 bits per heavy atom. The summed E-state index contributed by atoms with van der Waals surface area (Å²) < 4.78 is 2.01. The maximum atomic E-state index is 9.32. The van der Waals surface area contributed by atoms with Crippen LogP contribution in [0.2, 0.25) is 0 Å². The summed E-state index contributed by atoms with van der Waals surface area (Å²) >= 11 is 0. The van der Waals surface area contributed by atoms with E-state index in [0.717, 1.165) is 28.9 Å². The second-order valence-corrected chi connectivity index (χ2v) is 6.57. The smallest absolute Gasteiger partial charge is 0.166 e. The zero-order chi connectivity index (χ0) is 19.3. The SMILES string of the molecule is N#Cc1ccc(-c2ccc(CCN)cc2)c(Cn2cnc(N3C=CNN3)c2)c1. The van der Waals surface area contributed by atoms with Gasteiger partial charge in [0.15, 0.2) is 5.82 Å². The number of hydrazine groups is 2. The van der Waals surface area contributed by atoms with E-state index < -0.39 is 0 Å². The van der Waals surface area contributed by atoms with Gasteiger partial charge < -0.3 is 15.7 Å². The van der Waals surface area contributed by atoms with E-state index in [0.29, 0.717) is 18.7 Å². The summed E-state index contributed by atoms with van der Waals surface area (Å²) in [5.74, 6) is 0.783. The summed E-state index contributed by atoms with van der Waals surface area (Å²) in [6, 6.07) is 16.5. The molecule has 0 aliphatic carbocycles. The lowest BCUT2D eigenvalue weighted by atomic mass is 9.96. The van der Waals surface area contributed by atoms with E-state index in [9.17, 15) is 5.26 Å². The molecule has 1 aliphatic rings. The van der Waals surface area contributed by atoms with Crippen LogP contribution in [0.5, 0.6) is 0 Å². The van der Waals surface area contributed by atoms with Crippen molar-refractivity contribution in [2.45, 2.75) is 13.0 Å². The van der Waals surface area contributed by atoms with Gasteiger partial charge in [0.05, 0.1) is 18.0 Å². The molecule has 7 heteroatoms. The van der Waals surface area contributed by atoms with Crippen LogP contribution in [0.15, 0.2) is 67.4 Å². The van der Waals surface area contributed by atoms with Gasteiger partial charge in [-0.25, -0.2) is 9.99 Å². The number of nitrogens with zero attached hydrogens (tertiary/aromatic N) is 4. The van der Waals surface area contributed by atoms with Crippen LogP contribution in [0.1, 0.15) is 16.7 Å². The number of rotatable bonds is 6. The fourth-order valence-electron chi connectivity index (χ4n) is 3.24. The molecular weight excluding hydrogens is 350 g/mol. The number of imidazole rings is 1. The molecule has 0 fully saturated rings. The first-order chi connectivity index (χ1) is 13.8. The first kappa shape index (κ1) is 17.8. The summed E-state index contributed by atoms with van der Waals surface area (Å²) in [5, 5.41) is 11.1. The Morgan fingerprint density at radius 3 is 2.71 bits per heavy atom. The average Bonchev–Trinajstić information content (AvgIpc) is 3.41. The van der Waals surface area contributed by atoms with Crippen LogP contribution in [0.25, 0.3) is 11.1 Å². The van der Waals surface area contributed by atoms with Crippen molar-refractivity contribution in [3.8, 4) is 17.2 Å². The highest BCUT2D eigenvalue weighted by molar-refractivity contribution is 5.69. The fraction of sp³-hybridized carbons (Fsp3) is 0.143. The van der Waals surface area contributed by atoms with Crippen LogP contribution in [0, 0.1) is 11.3 Å². The number of anilines is 1. The van der Waals surface area contributed by atoms with Crippen LogP contribution in [-0.2, 0) is 13.0 Å². The summed E-state index contributed by atoms with van der Waals surface area (Å²) in [7, 11) is 0. The van der Waals surface area contributed by atoms with E-state index in [-0.39, 0.29) is 0 Å². The van der Waals surface area contributed by atoms with Gasteiger partial charge in [-0.2, -0.15) is 5.26 Å². The highest BCUT2D eigenvalue weighted by Gasteiger charge is 2.12. The molecule has 2 aromatic carbocycles. The van der Waals surface area contributed by atoms with Gasteiger partial charge in [0.2, 0.25) is 0 Å². The van der Waals surface area contributed by atoms with Crippen LogP contribution >= 0.6 is 0 Å². The molecule has 0 bridgehead atoms. The van der Waals surface area contributed by atoms with Crippen molar-refractivity contribution in [3.05, 3.63) is 84.1 Å². The van der Waals surface area contributed by atoms with Crippen molar-refractivity contribution in [2.24, 2.45) is 5.73 Å². The topological polar surface area (TPSA) is 94.9 Å². The Morgan fingerprint density at radius 1 is 1.14 bits per heavy atom. The third kappa shape index (κ3) is 3.74. The largest absolute Gasteiger partial charge is 0.331 e. The number of nitriles is 1. The van der Waals surface area contributed by atoms with E-state index in [1.54, 1.807) is 17.5 Å². The zero-order valence-electron chi connectivity index (χ0n) is 15.3. The zero-order valence-corrected chi connectivity index (χ0v) is 15.3. The van der Waals surface area contributed by atoms with E-state index in [4.69, 9.17) is 5.73 Å². The van der Waals surface area contributed by atoms with Crippen molar-refractivity contribution in [1.29, 1.82) is 5.26 Å². The van der Waals surface area contributed by atoms with Crippen LogP contribution < -0.4 is 21.7 Å². The molecule has 7 nitrogen and oxygen atoms in total. The number of nitrogens with two attached hydrogens (primary N) is 1. The summed E-state index contributed by atoms with van der Waals surface area (Å²) in [4.78, 5) is 4.43. The Bertz CT molecular complexity index is 1030. The van der Waals surface area contributed by atoms with Crippen molar-refractivity contribution >= 4 is 5.82 Å². The summed E-state index contributed by atoms with van der Waals surface area (Å²) in [6.07, 6.45) is 8.26. The maximum Gasteiger partial charge on any atom is 0.166 e. The molecule has 4 rings (SSSR count). The fourth-order valence-corrected chi connectivity index (χ4v) is 3.24. The molecule has 1 aliphatic heterocycles. The van der Waals surface area contributed by atoms with Crippen molar-refractivity contribution < 1.29 is 0 Å². The molecule has 3 aromatic rings. The Labute approximate surface area is 163 Å². The lowest BCUT2D eigenvalue weighted by Crippen LogP contribution is -2.35. The molecular formula is C21H21N7. The Balaban J connectivity index is 1.64. The highest BCUT2D eigenvalue weighted by atomic mass is 15.7. The van der Waals surface area contributed by atoms with Crippen molar-refractivity contribution in [3.63, 3.8) is 0 Å². The van der Waals surface area contributed by atoms with Crippen LogP contribution in [-0.4, -0.2) is 16.1 Å². The molecule has 140 valence electrons. The molecule has 0 spiro atoms. The predicted molar refractivity (Wildman–Crippen MR) is 109 cm³/mol. The third-order valence-electron chi connectivity index (χ3n) is 4.64. The lowest BCUT2D eigenvalue weighted by molar-refractivity contribution is 0.674. The first-order valence-corrected chi connectivity index (χ1v) is 9.08. The van der Waals surface area contributed by atoms with Crippen molar-refractivity contribution in [1.82, 2.24) is 20.5 Å². The maximum absolute atomic E-state index is 9.32. The minimum atomic E-state index is 0.618. The first-order valence-electron chi connectivity index (χ1n) is 9.08. The van der Waals surface area contributed by atoms with Crippen LogP contribution in [0.4, 0.5) is 5.82 Å². The average molecular weight is 371 g/mol. The lowest BCUT2D eigenvalue weighted by Gasteiger charge is -2.13. The molecule has 28 heavy (non-hydrogen) atoms. The minimum Gasteiger partial charge on any atom is -0.331 e. The third-order valence-corrected chi connectivity index (χ3v) is 4.64. The second-order valence-electron chi connectivity index (χ2n) is 6.57. The standard InChI is InChI=1S/C21H21N7/c22-8-7-16-1-4-18(5-2-16)20-6-3-17(12-23)11-19(20)13-27-14-21(24-15-27)28-10-9-25-26-28/h1-6,9-11,14-15,25-26H,7-8,13,22H2. The number of hydrogen-bond acceptors (Lipinski definition) is 6. The minimum absolute atomic E-state index is 0.618. The van der Waals surface area contributed by atoms with Gasteiger partial charge in [0.25, 0.3) is 0 Å². The molecule has 4 N–H and O–H groups in total. The van der Waals surface area contributed by atoms with E-state index in [2.05, 4.69) is 46.3 Å². The summed E-state index contributed by atoms with van der Waals surface area (Å²) in [5.41, 5.74) is 16.7. The predicted octanol–water partition coefficient (Wildman–Crippen LogP) is 2.27. The van der Waals surface area contributed by atoms with Gasteiger partial charge in [-0.15, -0.1) is 5.53 Å². The molecule has 0 unspecified atom stereocenters. The highest BCUT2D eigenvalue weighted by Crippen LogP contribution is 2.26. The number of nitrogens with one attached hydrogen (secondary N) is 2. The van der Waals surface area contributed by atoms with Crippen molar-refractivity contribution in [2.75, 3.05) is 11.6 Å². The van der Waals surface area contributed by atoms with Gasteiger partial charge >= 0.3 is 0 Å². The number of aromatic nitrogens is 2. The van der Waals surface area contributed by atoms with Gasteiger partial charge in [-0.1, -0.05) is 30.3 Å². The van der Waals surface area contributed by atoms with E-state index in [1.807, 2.05) is 35.2 Å². The van der Waals surface area contributed by atoms with Gasteiger partial charge in [0.1, 0.15) is 0 Å². The molecule has 0 atom stereocenters. The molecule has 0 saturated heterocycles. The Kier molecular flexibility index (Phi) is 5.06. The number of hydrogen-bond donors (Lipinski definition) is 3. The van der Waals surface area contributed by atoms with Crippen LogP contribution in [0.3, 0.4) is 0 Å².